The number of fused-ring (bicyclic) bond motifs is 1. The Balaban J connectivity index is 1.61. The molecule has 0 saturated heterocycles. The van der Waals surface area contributed by atoms with Crippen molar-refractivity contribution in [1.29, 1.82) is 0 Å². The van der Waals surface area contributed by atoms with Gasteiger partial charge >= 0.3 is 0 Å². The van der Waals surface area contributed by atoms with Gasteiger partial charge < -0.3 is 16.0 Å². The Bertz CT molecular complexity index is 764. The maximum absolute atomic E-state index is 12.2. The largest absolute Gasteiger partial charge is 0.361 e. The molecule has 2 aromatic carbocycles. The lowest BCUT2D eigenvalue weighted by atomic mass is 10.0. The van der Waals surface area contributed by atoms with Crippen LogP contribution >= 0.6 is 0 Å². The molecule has 0 aliphatic heterocycles. The van der Waals surface area contributed by atoms with E-state index in [0.717, 1.165) is 22.0 Å². The van der Waals surface area contributed by atoms with Crippen LogP contribution in [0.4, 0.5) is 0 Å². The quantitative estimate of drug-likeness (QED) is 0.657. The molecule has 3 rings (SSSR count). The molecule has 0 aliphatic rings. The van der Waals surface area contributed by atoms with Gasteiger partial charge in [0.2, 0.25) is 0 Å². The Hall–Kier alpha value is -2.59. The van der Waals surface area contributed by atoms with E-state index in [2.05, 4.69) is 22.1 Å². The van der Waals surface area contributed by atoms with Gasteiger partial charge in [0.1, 0.15) is 0 Å². The van der Waals surface area contributed by atoms with Gasteiger partial charge in [0.25, 0.3) is 5.91 Å². The molecule has 5 N–H and O–H groups in total. The summed E-state index contributed by atoms with van der Waals surface area (Å²) >= 11 is 0. The van der Waals surface area contributed by atoms with Crippen LogP contribution in [0.3, 0.4) is 0 Å². The van der Waals surface area contributed by atoms with Gasteiger partial charge in [-0.05, 0) is 17.2 Å². The summed E-state index contributed by atoms with van der Waals surface area (Å²) in [7, 11) is 0. The van der Waals surface area contributed by atoms with Crippen molar-refractivity contribution in [2.75, 3.05) is 0 Å². The fourth-order valence-corrected chi connectivity index (χ4v) is 2.59. The van der Waals surface area contributed by atoms with E-state index in [1.807, 2.05) is 54.7 Å². The highest BCUT2D eigenvalue weighted by Gasteiger charge is 2.19. The average Bonchev–Trinajstić information content (AvgIpc) is 2.97. The van der Waals surface area contributed by atoms with Crippen LogP contribution < -0.4 is 11.1 Å². The lowest BCUT2D eigenvalue weighted by molar-refractivity contribution is -0.403. The third-order valence-electron chi connectivity index (χ3n) is 3.82. The molecule has 4 nitrogen and oxygen atoms in total. The molecule has 1 heterocycles. The fraction of sp³-hybridized carbons (Fsp3) is 0.167. The monoisotopic (exact) mass is 294 g/mol. The zero-order chi connectivity index (χ0) is 15.4. The molecule has 1 amide bonds. The Morgan fingerprint density at radius 2 is 1.82 bits per heavy atom. The number of benzene rings is 2. The fourth-order valence-electron chi connectivity index (χ4n) is 2.59. The molecule has 0 aliphatic carbocycles. The lowest BCUT2D eigenvalue weighted by Gasteiger charge is -2.09. The number of hydrogen-bond donors (Lipinski definition) is 3. The van der Waals surface area contributed by atoms with E-state index in [9.17, 15) is 4.79 Å². The van der Waals surface area contributed by atoms with Gasteiger partial charge in [0, 0.05) is 30.1 Å². The number of carbonyl (C=O) groups is 1. The second kappa shape index (κ2) is 6.45. The molecular formula is C18H20N3O+. The van der Waals surface area contributed by atoms with Crippen LogP contribution in [0.25, 0.3) is 10.9 Å². The summed E-state index contributed by atoms with van der Waals surface area (Å²) in [6, 6.07) is 17.7. The Labute approximate surface area is 129 Å². The van der Waals surface area contributed by atoms with Crippen LogP contribution in [0.5, 0.6) is 0 Å². The summed E-state index contributed by atoms with van der Waals surface area (Å²) in [5, 5.41) is 4.11. The molecule has 22 heavy (non-hydrogen) atoms. The van der Waals surface area contributed by atoms with Gasteiger partial charge in [-0.1, -0.05) is 48.5 Å². The van der Waals surface area contributed by atoms with E-state index in [0.29, 0.717) is 13.0 Å². The van der Waals surface area contributed by atoms with Crippen molar-refractivity contribution >= 4 is 16.8 Å². The first-order valence-corrected chi connectivity index (χ1v) is 7.44. The summed E-state index contributed by atoms with van der Waals surface area (Å²) in [6.07, 6.45) is 2.60. The predicted octanol–water partition coefficient (Wildman–Crippen LogP) is 1.64. The van der Waals surface area contributed by atoms with Gasteiger partial charge in [-0.3, -0.25) is 4.79 Å². The minimum absolute atomic E-state index is 0.0193. The highest BCUT2D eigenvalue weighted by Crippen LogP contribution is 2.18. The third kappa shape index (κ3) is 3.18. The highest BCUT2D eigenvalue weighted by molar-refractivity contribution is 5.85. The molecule has 0 unspecified atom stereocenters. The number of aromatic amines is 1. The maximum atomic E-state index is 12.2. The number of aromatic nitrogens is 1. The zero-order valence-electron chi connectivity index (χ0n) is 12.4. The van der Waals surface area contributed by atoms with Crippen LogP contribution in [0.2, 0.25) is 0 Å². The molecular weight excluding hydrogens is 274 g/mol. The number of carbonyl (C=O) groups excluding carboxylic acids is 1. The van der Waals surface area contributed by atoms with Gasteiger partial charge in [-0.25, -0.2) is 0 Å². The van der Waals surface area contributed by atoms with E-state index in [-0.39, 0.29) is 11.9 Å². The molecule has 0 saturated carbocycles. The number of para-hydroxylation sites is 1. The molecule has 3 aromatic rings. The van der Waals surface area contributed by atoms with Crippen LogP contribution in [0.15, 0.2) is 60.8 Å². The Kier molecular flexibility index (Phi) is 4.21. The zero-order valence-corrected chi connectivity index (χ0v) is 12.4. The van der Waals surface area contributed by atoms with Crippen molar-refractivity contribution in [2.45, 2.75) is 19.0 Å². The van der Waals surface area contributed by atoms with E-state index in [4.69, 9.17) is 0 Å². The van der Waals surface area contributed by atoms with Crippen molar-refractivity contribution in [3.8, 4) is 0 Å². The second-order valence-electron chi connectivity index (χ2n) is 5.46. The summed E-state index contributed by atoms with van der Waals surface area (Å²) < 4.78 is 0. The van der Waals surface area contributed by atoms with Gasteiger partial charge in [-0.15, -0.1) is 0 Å². The second-order valence-corrected chi connectivity index (χ2v) is 5.46. The van der Waals surface area contributed by atoms with E-state index < -0.39 is 0 Å². The van der Waals surface area contributed by atoms with Crippen LogP contribution in [0, 0.1) is 0 Å². The maximum Gasteiger partial charge on any atom is 0.278 e. The number of H-pyrrole nitrogens is 1. The summed E-state index contributed by atoms with van der Waals surface area (Å²) in [5.74, 6) is -0.0193. The molecule has 112 valence electrons. The van der Waals surface area contributed by atoms with Crippen LogP contribution in [0.1, 0.15) is 11.1 Å². The number of nitrogens with one attached hydrogen (secondary N) is 2. The Morgan fingerprint density at radius 1 is 1.09 bits per heavy atom. The van der Waals surface area contributed by atoms with Crippen molar-refractivity contribution in [2.24, 2.45) is 0 Å². The molecule has 0 fully saturated rings. The normalized spacial score (nSPS) is 12.2. The van der Waals surface area contributed by atoms with E-state index >= 15 is 0 Å². The number of hydrogen-bond acceptors (Lipinski definition) is 1. The topological polar surface area (TPSA) is 72.5 Å². The third-order valence-corrected chi connectivity index (χ3v) is 3.82. The first kappa shape index (κ1) is 14.4. The summed E-state index contributed by atoms with van der Waals surface area (Å²) in [6.45, 7) is 0.541. The molecule has 0 spiro atoms. The van der Waals surface area contributed by atoms with Gasteiger partial charge in [0.15, 0.2) is 6.04 Å². The predicted molar refractivity (Wildman–Crippen MR) is 87.0 cm³/mol. The van der Waals surface area contributed by atoms with E-state index in [1.54, 1.807) is 0 Å². The average molecular weight is 294 g/mol. The van der Waals surface area contributed by atoms with Crippen LogP contribution in [-0.2, 0) is 17.8 Å². The van der Waals surface area contributed by atoms with Crippen molar-refractivity contribution in [3.05, 3.63) is 71.9 Å². The molecule has 1 atom stereocenters. The van der Waals surface area contributed by atoms with Crippen LogP contribution in [-0.4, -0.2) is 16.9 Å². The van der Waals surface area contributed by atoms with Crippen molar-refractivity contribution < 1.29 is 10.5 Å². The molecule has 0 radical (unpaired) electrons. The summed E-state index contributed by atoms with van der Waals surface area (Å²) in [4.78, 5) is 15.4. The minimum Gasteiger partial charge on any atom is -0.361 e. The first-order valence-electron chi connectivity index (χ1n) is 7.44. The van der Waals surface area contributed by atoms with E-state index in [1.165, 1.54) is 0 Å². The molecule has 4 heteroatoms. The first-order chi connectivity index (χ1) is 10.7. The Morgan fingerprint density at radius 3 is 2.64 bits per heavy atom. The number of rotatable bonds is 5. The minimum atomic E-state index is -0.303. The molecule has 0 bridgehead atoms. The standard InChI is InChI=1S/C18H19N3O/c19-16(18(22)21-11-13-6-2-1-3-7-13)10-14-12-20-17-9-5-4-8-15(14)17/h1-9,12,16,20H,10-11,19H2,(H,21,22)/p+1/t16-/m1/s1. The number of amides is 1. The summed E-state index contributed by atoms with van der Waals surface area (Å²) in [5.41, 5.74) is 7.32. The highest BCUT2D eigenvalue weighted by atomic mass is 16.2. The van der Waals surface area contributed by atoms with Gasteiger partial charge in [-0.2, -0.15) is 0 Å². The van der Waals surface area contributed by atoms with Gasteiger partial charge in [0.05, 0.1) is 0 Å². The molecule has 1 aromatic heterocycles. The smallest absolute Gasteiger partial charge is 0.278 e. The number of quaternary nitrogens is 1. The SMILES string of the molecule is [NH3+][C@H](Cc1c[nH]c2ccccc12)C(=O)NCc1ccccc1. The van der Waals surface area contributed by atoms with Crippen molar-refractivity contribution in [1.82, 2.24) is 10.3 Å². The lowest BCUT2D eigenvalue weighted by Crippen LogP contribution is -2.68. The van der Waals surface area contributed by atoms with Crippen molar-refractivity contribution in [3.63, 3.8) is 0 Å².